The zero-order chi connectivity index (χ0) is 20.1. The van der Waals surface area contributed by atoms with Crippen molar-refractivity contribution in [2.24, 2.45) is 4.99 Å². The Morgan fingerprint density at radius 2 is 2.03 bits per heavy atom. The summed E-state index contributed by atoms with van der Waals surface area (Å²) in [7, 11) is 1.87. The van der Waals surface area contributed by atoms with Crippen molar-refractivity contribution in [2.45, 2.75) is 26.2 Å². The molecule has 3 aromatic rings. The molecule has 0 bridgehead atoms. The van der Waals surface area contributed by atoms with Gasteiger partial charge in [0, 0.05) is 74.8 Å². The summed E-state index contributed by atoms with van der Waals surface area (Å²) in [5, 5.41) is 5.91. The number of guanidine groups is 1. The van der Waals surface area contributed by atoms with Gasteiger partial charge in [-0.15, -0.1) is 24.0 Å². The number of aryl methyl sites for hydroxylation is 2. The molecule has 1 fully saturated rings. The van der Waals surface area contributed by atoms with Gasteiger partial charge in [-0.05, 0) is 24.5 Å². The summed E-state index contributed by atoms with van der Waals surface area (Å²) >= 11 is 1.51. The molecule has 1 aliphatic rings. The summed E-state index contributed by atoms with van der Waals surface area (Å²) < 4.78 is 4.41. The van der Waals surface area contributed by atoms with Crippen LogP contribution in [-0.4, -0.2) is 65.0 Å². The van der Waals surface area contributed by atoms with Crippen LogP contribution in [0.5, 0.6) is 0 Å². The number of aromatic amines is 1. The van der Waals surface area contributed by atoms with Crippen molar-refractivity contribution in [3.05, 3.63) is 41.9 Å². The van der Waals surface area contributed by atoms with Crippen LogP contribution in [0, 0.1) is 0 Å². The molecule has 7 nitrogen and oxygen atoms in total. The molecule has 0 spiro atoms. The Labute approximate surface area is 199 Å². The van der Waals surface area contributed by atoms with Gasteiger partial charge in [-0.2, -0.15) is 4.37 Å². The first-order valence-electron chi connectivity index (χ1n) is 10.4. The maximum atomic E-state index is 4.62. The normalized spacial score (nSPS) is 14.8. The molecule has 1 aliphatic heterocycles. The Kier molecular flexibility index (Phi) is 8.32. The number of hydrogen-bond acceptors (Lipinski definition) is 5. The van der Waals surface area contributed by atoms with Gasteiger partial charge >= 0.3 is 0 Å². The lowest BCUT2D eigenvalue weighted by atomic mass is 10.1. The molecule has 0 unspecified atom stereocenters. The van der Waals surface area contributed by atoms with Crippen LogP contribution in [-0.2, 0) is 12.8 Å². The summed E-state index contributed by atoms with van der Waals surface area (Å²) in [5.74, 6) is 1.94. The van der Waals surface area contributed by atoms with Crippen molar-refractivity contribution < 1.29 is 0 Å². The summed E-state index contributed by atoms with van der Waals surface area (Å²) in [5.41, 5.74) is 2.60. The number of rotatable bonds is 6. The first-order valence-corrected chi connectivity index (χ1v) is 11.1. The van der Waals surface area contributed by atoms with E-state index in [0.29, 0.717) is 0 Å². The van der Waals surface area contributed by atoms with Crippen LogP contribution in [0.2, 0.25) is 0 Å². The average Bonchev–Trinajstić information content (AvgIpc) is 3.41. The van der Waals surface area contributed by atoms with Crippen LogP contribution in [0.25, 0.3) is 10.9 Å². The molecule has 4 rings (SSSR count). The van der Waals surface area contributed by atoms with Gasteiger partial charge in [-0.3, -0.25) is 4.99 Å². The maximum absolute atomic E-state index is 4.62. The highest BCUT2D eigenvalue weighted by molar-refractivity contribution is 14.0. The second kappa shape index (κ2) is 10.9. The third-order valence-electron chi connectivity index (χ3n) is 5.42. The predicted octanol–water partition coefficient (Wildman–Crippen LogP) is 3.53. The van der Waals surface area contributed by atoms with Crippen LogP contribution in [0.1, 0.15) is 24.7 Å². The van der Waals surface area contributed by atoms with Gasteiger partial charge in [0.2, 0.25) is 5.13 Å². The van der Waals surface area contributed by atoms with E-state index in [-0.39, 0.29) is 24.0 Å². The van der Waals surface area contributed by atoms with Crippen molar-refractivity contribution in [1.29, 1.82) is 0 Å². The van der Waals surface area contributed by atoms with Gasteiger partial charge in [0.1, 0.15) is 5.82 Å². The van der Waals surface area contributed by atoms with E-state index in [4.69, 9.17) is 0 Å². The quantitative estimate of drug-likeness (QED) is 0.217. The minimum atomic E-state index is 0. The van der Waals surface area contributed by atoms with Crippen molar-refractivity contribution in [1.82, 2.24) is 24.6 Å². The fourth-order valence-corrected chi connectivity index (χ4v) is 4.58. The van der Waals surface area contributed by atoms with E-state index in [1.54, 1.807) is 0 Å². The first kappa shape index (κ1) is 22.8. The van der Waals surface area contributed by atoms with Gasteiger partial charge in [0.05, 0.1) is 0 Å². The van der Waals surface area contributed by atoms with E-state index < -0.39 is 0 Å². The van der Waals surface area contributed by atoms with Gasteiger partial charge in [-0.1, -0.05) is 25.1 Å². The number of hydrogen-bond donors (Lipinski definition) is 2. The van der Waals surface area contributed by atoms with Crippen LogP contribution >= 0.6 is 35.5 Å². The molecule has 30 heavy (non-hydrogen) atoms. The Morgan fingerprint density at radius 3 is 2.77 bits per heavy atom. The number of aromatic nitrogens is 3. The van der Waals surface area contributed by atoms with Crippen molar-refractivity contribution in [3.8, 4) is 0 Å². The molecular formula is C21H30IN7S. The summed E-state index contributed by atoms with van der Waals surface area (Å²) in [6.45, 7) is 6.82. The molecular weight excluding hydrogens is 509 g/mol. The summed E-state index contributed by atoms with van der Waals surface area (Å²) in [6.07, 6.45) is 5.16. The van der Waals surface area contributed by atoms with Crippen molar-refractivity contribution in [2.75, 3.05) is 44.7 Å². The molecule has 0 radical (unpaired) electrons. The second-order valence-corrected chi connectivity index (χ2v) is 7.99. The number of aliphatic imine (C=N–C) groups is 1. The van der Waals surface area contributed by atoms with Gasteiger partial charge in [0.15, 0.2) is 5.96 Å². The van der Waals surface area contributed by atoms with E-state index >= 15 is 0 Å². The summed E-state index contributed by atoms with van der Waals surface area (Å²) in [6, 6.07) is 8.49. The molecule has 1 aromatic carbocycles. The van der Waals surface area contributed by atoms with Crippen LogP contribution in [0.4, 0.5) is 5.13 Å². The number of fused-ring (bicyclic) bond motifs is 1. The zero-order valence-corrected chi connectivity index (χ0v) is 20.7. The number of para-hydroxylation sites is 1. The molecule has 0 amide bonds. The minimum absolute atomic E-state index is 0. The Hall–Kier alpha value is -1.88. The Morgan fingerprint density at radius 1 is 1.23 bits per heavy atom. The minimum Gasteiger partial charge on any atom is -0.361 e. The SMILES string of the molecule is CCc1nsc(N2CCN(C(=NC)NCCCc3c[nH]c4ccccc34)CC2)n1.I. The Balaban J connectivity index is 0.00000256. The van der Waals surface area contributed by atoms with E-state index in [1.807, 2.05) is 7.05 Å². The smallest absolute Gasteiger partial charge is 0.205 e. The lowest BCUT2D eigenvalue weighted by molar-refractivity contribution is 0.372. The van der Waals surface area contributed by atoms with Crippen molar-refractivity contribution >= 4 is 57.5 Å². The third-order valence-corrected chi connectivity index (χ3v) is 6.23. The molecule has 162 valence electrons. The van der Waals surface area contributed by atoms with E-state index in [0.717, 1.165) is 68.9 Å². The van der Waals surface area contributed by atoms with E-state index in [9.17, 15) is 0 Å². The fourth-order valence-electron chi connectivity index (χ4n) is 3.78. The maximum Gasteiger partial charge on any atom is 0.205 e. The first-order chi connectivity index (χ1) is 14.3. The van der Waals surface area contributed by atoms with Gasteiger partial charge < -0.3 is 20.1 Å². The molecule has 0 atom stereocenters. The predicted molar refractivity (Wildman–Crippen MR) is 136 cm³/mol. The highest BCUT2D eigenvalue weighted by atomic mass is 127. The standard InChI is InChI=1S/C21H29N7S.HI/c1-3-19-25-21(29-26-19)28-13-11-27(12-14-28)20(22-2)23-10-6-7-16-15-24-18-9-5-4-8-17(16)18;/h4-5,8-9,15,24H,3,6-7,10-14H2,1-2H3,(H,22,23);1H. The molecule has 3 heterocycles. The van der Waals surface area contributed by atoms with E-state index in [1.165, 1.54) is 28.0 Å². The fraction of sp³-hybridized carbons (Fsp3) is 0.476. The molecule has 1 saturated heterocycles. The average molecular weight is 539 g/mol. The molecule has 9 heteroatoms. The topological polar surface area (TPSA) is 72.4 Å². The lowest BCUT2D eigenvalue weighted by Gasteiger charge is -2.36. The number of anilines is 1. The molecule has 2 aromatic heterocycles. The number of benzene rings is 1. The second-order valence-electron chi connectivity index (χ2n) is 7.26. The zero-order valence-electron chi connectivity index (χ0n) is 17.6. The van der Waals surface area contributed by atoms with Gasteiger partial charge in [-0.25, -0.2) is 4.98 Å². The number of nitrogens with one attached hydrogen (secondary N) is 2. The highest BCUT2D eigenvalue weighted by Crippen LogP contribution is 2.20. The van der Waals surface area contributed by atoms with Crippen LogP contribution < -0.4 is 10.2 Å². The van der Waals surface area contributed by atoms with Crippen molar-refractivity contribution in [3.63, 3.8) is 0 Å². The largest absolute Gasteiger partial charge is 0.361 e. The highest BCUT2D eigenvalue weighted by Gasteiger charge is 2.21. The summed E-state index contributed by atoms with van der Waals surface area (Å²) in [4.78, 5) is 17.1. The Bertz CT molecular complexity index is 959. The molecule has 0 aliphatic carbocycles. The third kappa shape index (κ3) is 5.23. The molecule has 2 N–H and O–H groups in total. The number of nitrogens with zero attached hydrogens (tertiary/aromatic N) is 5. The number of H-pyrrole nitrogens is 1. The lowest BCUT2D eigenvalue weighted by Crippen LogP contribution is -2.52. The molecule has 0 saturated carbocycles. The number of halogens is 1. The van der Waals surface area contributed by atoms with E-state index in [2.05, 4.69) is 71.8 Å². The monoisotopic (exact) mass is 539 g/mol. The van der Waals surface area contributed by atoms with Crippen LogP contribution in [0.15, 0.2) is 35.5 Å². The van der Waals surface area contributed by atoms with Crippen LogP contribution in [0.3, 0.4) is 0 Å². The number of piperazine rings is 1. The van der Waals surface area contributed by atoms with Gasteiger partial charge in [0.25, 0.3) is 0 Å².